The van der Waals surface area contributed by atoms with Gasteiger partial charge in [0.05, 0.1) is 36.0 Å². The van der Waals surface area contributed by atoms with Crippen LogP contribution in [0.15, 0.2) is 91.6 Å². The molecule has 2 fully saturated rings. The number of hydrogen-bond donors (Lipinski definition) is 2. The number of nitrogens with one attached hydrogen (secondary N) is 1. The first-order chi connectivity index (χ1) is 21.6. The lowest BCUT2D eigenvalue weighted by Crippen LogP contribution is -2.43. The van der Waals surface area contributed by atoms with Crippen molar-refractivity contribution in [1.29, 1.82) is 0 Å². The Morgan fingerprint density at radius 2 is 1.66 bits per heavy atom. The maximum Gasteiger partial charge on any atom is 0.271 e. The number of amides is 1. The Labute approximate surface area is 258 Å². The molecule has 1 aromatic heterocycles. The first-order valence-corrected chi connectivity index (χ1v) is 15.5. The molecule has 2 aliphatic rings. The third-order valence-corrected chi connectivity index (χ3v) is 8.64. The molecule has 6 rings (SSSR count). The second kappa shape index (κ2) is 14.2. The highest BCUT2D eigenvalue weighted by Gasteiger charge is 2.34. The summed E-state index contributed by atoms with van der Waals surface area (Å²) in [7, 11) is 0. The SMILES string of the molecule is C=CCN(C[C@@H]1C[C@H](c2ccc(CO)cc2)O[C@H](c2ccc(CNC(=O)c3cnc4ccccc4n3)cc2)O1)C1CCCC1. The van der Waals surface area contributed by atoms with Crippen LogP contribution in [0, 0.1) is 0 Å². The fourth-order valence-electron chi connectivity index (χ4n) is 6.23. The minimum atomic E-state index is -0.526. The van der Waals surface area contributed by atoms with E-state index >= 15 is 0 Å². The second-order valence-electron chi connectivity index (χ2n) is 11.7. The molecule has 1 aliphatic heterocycles. The van der Waals surface area contributed by atoms with Crippen LogP contribution in [0.4, 0.5) is 0 Å². The Balaban J connectivity index is 1.14. The minimum Gasteiger partial charge on any atom is -0.392 e. The zero-order valence-electron chi connectivity index (χ0n) is 25.0. The lowest BCUT2D eigenvalue weighted by molar-refractivity contribution is -0.253. The van der Waals surface area contributed by atoms with E-state index in [9.17, 15) is 9.90 Å². The van der Waals surface area contributed by atoms with Gasteiger partial charge in [-0.1, -0.05) is 79.6 Å². The van der Waals surface area contributed by atoms with Gasteiger partial charge in [-0.3, -0.25) is 14.7 Å². The second-order valence-corrected chi connectivity index (χ2v) is 11.7. The zero-order chi connectivity index (χ0) is 30.3. The van der Waals surface area contributed by atoms with Crippen LogP contribution in [-0.2, 0) is 22.6 Å². The summed E-state index contributed by atoms with van der Waals surface area (Å²) in [5.74, 6) is -0.268. The first-order valence-electron chi connectivity index (χ1n) is 15.5. The molecular formula is C36H40N4O4. The summed E-state index contributed by atoms with van der Waals surface area (Å²) in [4.78, 5) is 24.1. The molecule has 1 saturated heterocycles. The Kier molecular flexibility index (Phi) is 9.73. The van der Waals surface area contributed by atoms with Gasteiger partial charge in [0, 0.05) is 37.7 Å². The summed E-state index contributed by atoms with van der Waals surface area (Å²) in [6.07, 6.45) is 8.56. The maximum absolute atomic E-state index is 12.8. The van der Waals surface area contributed by atoms with Crippen molar-refractivity contribution in [2.75, 3.05) is 13.1 Å². The number of ether oxygens (including phenoxy) is 2. The van der Waals surface area contributed by atoms with Crippen molar-refractivity contribution in [3.05, 3.63) is 120 Å². The van der Waals surface area contributed by atoms with Crippen LogP contribution in [0.2, 0.25) is 0 Å². The van der Waals surface area contributed by atoms with Gasteiger partial charge in [-0.25, -0.2) is 4.98 Å². The number of carbonyl (C=O) groups is 1. The number of aromatic nitrogens is 2. The van der Waals surface area contributed by atoms with Gasteiger partial charge in [0.15, 0.2) is 6.29 Å². The van der Waals surface area contributed by atoms with Crippen LogP contribution in [0.3, 0.4) is 0 Å². The molecule has 0 bridgehead atoms. The highest BCUT2D eigenvalue weighted by atomic mass is 16.7. The van der Waals surface area contributed by atoms with Gasteiger partial charge < -0.3 is 19.9 Å². The quantitative estimate of drug-likeness (QED) is 0.205. The van der Waals surface area contributed by atoms with Gasteiger partial charge >= 0.3 is 0 Å². The average Bonchev–Trinajstić information content (AvgIpc) is 3.62. The zero-order valence-corrected chi connectivity index (χ0v) is 25.0. The molecular weight excluding hydrogens is 552 g/mol. The number of fused-ring (bicyclic) bond motifs is 1. The average molecular weight is 593 g/mol. The summed E-state index contributed by atoms with van der Waals surface area (Å²) in [6.45, 7) is 6.05. The van der Waals surface area contributed by atoms with Crippen LogP contribution >= 0.6 is 0 Å². The van der Waals surface area contributed by atoms with Crippen molar-refractivity contribution in [3.8, 4) is 0 Å². The molecule has 3 aromatic carbocycles. The predicted octanol–water partition coefficient (Wildman–Crippen LogP) is 6.03. The molecule has 0 radical (unpaired) electrons. The first kappa shape index (κ1) is 30.1. The molecule has 2 N–H and O–H groups in total. The van der Waals surface area contributed by atoms with E-state index in [0.717, 1.165) is 47.3 Å². The normalized spacial score (nSPS) is 20.6. The molecule has 1 aliphatic carbocycles. The van der Waals surface area contributed by atoms with E-state index < -0.39 is 6.29 Å². The van der Waals surface area contributed by atoms with Crippen molar-refractivity contribution >= 4 is 16.9 Å². The molecule has 0 spiro atoms. The number of benzene rings is 3. The number of hydrogen-bond acceptors (Lipinski definition) is 7. The molecule has 2 heterocycles. The highest BCUT2D eigenvalue weighted by molar-refractivity contribution is 5.93. The van der Waals surface area contributed by atoms with E-state index in [0.29, 0.717) is 18.1 Å². The van der Waals surface area contributed by atoms with Gasteiger partial charge in [0.1, 0.15) is 5.69 Å². The fraction of sp³-hybridized carbons (Fsp3) is 0.361. The van der Waals surface area contributed by atoms with Crippen LogP contribution in [0.25, 0.3) is 11.0 Å². The largest absolute Gasteiger partial charge is 0.392 e. The number of para-hydroxylation sites is 2. The Bertz CT molecular complexity index is 1550. The van der Waals surface area contributed by atoms with Crippen molar-refractivity contribution < 1.29 is 19.4 Å². The van der Waals surface area contributed by atoms with Crippen molar-refractivity contribution in [2.24, 2.45) is 0 Å². The molecule has 1 amide bonds. The van der Waals surface area contributed by atoms with Crippen LogP contribution in [0.5, 0.6) is 0 Å². The number of rotatable bonds is 11. The molecule has 44 heavy (non-hydrogen) atoms. The van der Waals surface area contributed by atoms with Gasteiger partial charge in [-0.05, 0) is 41.7 Å². The lowest BCUT2D eigenvalue weighted by atomic mass is 9.99. The van der Waals surface area contributed by atoms with Crippen molar-refractivity contribution in [1.82, 2.24) is 20.2 Å². The van der Waals surface area contributed by atoms with E-state index in [1.54, 1.807) is 0 Å². The summed E-state index contributed by atoms with van der Waals surface area (Å²) in [5.41, 5.74) is 5.57. The fourth-order valence-corrected chi connectivity index (χ4v) is 6.23. The lowest BCUT2D eigenvalue weighted by Gasteiger charge is -2.39. The Hall–Kier alpha value is -3.95. The number of nitrogens with zero attached hydrogens (tertiary/aromatic N) is 3. The smallest absolute Gasteiger partial charge is 0.271 e. The van der Waals surface area contributed by atoms with Crippen LogP contribution < -0.4 is 5.32 Å². The molecule has 8 heteroatoms. The molecule has 228 valence electrons. The third kappa shape index (κ3) is 7.22. The molecule has 8 nitrogen and oxygen atoms in total. The standard InChI is InChI=1S/C36H40N4O4/c1-2-19-40(29-7-3-4-8-29)23-30-20-34(27-15-13-26(24-41)14-16-27)44-36(43-30)28-17-11-25(12-18-28)21-38-35(42)33-22-37-31-9-5-6-10-32(31)39-33/h2,5-6,9-18,22,29-30,34,36,41H,1,3-4,7-8,19-21,23-24H2,(H,38,42)/t30-,34+,36+/m0/s1. The maximum atomic E-state index is 12.8. The minimum absolute atomic E-state index is 0.0144. The Morgan fingerprint density at radius 1 is 0.955 bits per heavy atom. The molecule has 3 atom stereocenters. The third-order valence-electron chi connectivity index (χ3n) is 8.64. The van der Waals surface area contributed by atoms with E-state index in [1.165, 1.54) is 31.9 Å². The van der Waals surface area contributed by atoms with E-state index in [-0.39, 0.29) is 30.4 Å². The topological polar surface area (TPSA) is 96.8 Å². The summed E-state index contributed by atoms with van der Waals surface area (Å²) < 4.78 is 13.2. The highest BCUT2D eigenvalue weighted by Crippen LogP contribution is 2.39. The van der Waals surface area contributed by atoms with E-state index in [1.807, 2.05) is 78.9 Å². The predicted molar refractivity (Wildman–Crippen MR) is 170 cm³/mol. The van der Waals surface area contributed by atoms with Gasteiger partial charge in [0.25, 0.3) is 5.91 Å². The summed E-state index contributed by atoms with van der Waals surface area (Å²) in [6, 6.07) is 24.0. The molecule has 4 aromatic rings. The van der Waals surface area contributed by atoms with Crippen molar-refractivity contribution in [3.63, 3.8) is 0 Å². The van der Waals surface area contributed by atoms with Crippen molar-refractivity contribution in [2.45, 2.75) is 69.8 Å². The van der Waals surface area contributed by atoms with Crippen LogP contribution in [0.1, 0.15) is 77.2 Å². The van der Waals surface area contributed by atoms with Gasteiger partial charge in [-0.15, -0.1) is 6.58 Å². The van der Waals surface area contributed by atoms with E-state index in [2.05, 4.69) is 26.8 Å². The molecule has 0 unspecified atom stereocenters. The molecule has 1 saturated carbocycles. The van der Waals surface area contributed by atoms with E-state index in [4.69, 9.17) is 9.47 Å². The summed E-state index contributed by atoms with van der Waals surface area (Å²) >= 11 is 0. The number of aliphatic hydroxyl groups excluding tert-OH is 1. The Morgan fingerprint density at radius 3 is 2.39 bits per heavy atom. The summed E-state index contributed by atoms with van der Waals surface area (Å²) in [5, 5.41) is 12.5. The van der Waals surface area contributed by atoms with Gasteiger partial charge in [-0.2, -0.15) is 0 Å². The number of carbonyl (C=O) groups excluding carboxylic acids is 1. The van der Waals surface area contributed by atoms with Crippen LogP contribution in [-0.4, -0.2) is 51.1 Å². The monoisotopic (exact) mass is 592 g/mol. The van der Waals surface area contributed by atoms with Gasteiger partial charge in [0.2, 0.25) is 0 Å². The number of aliphatic hydroxyl groups is 1.